The van der Waals surface area contributed by atoms with E-state index in [1.165, 1.54) is 25.1 Å². The Morgan fingerprint density at radius 3 is 2.26 bits per heavy atom. The summed E-state index contributed by atoms with van der Waals surface area (Å²) >= 11 is 0. The van der Waals surface area contributed by atoms with Crippen molar-refractivity contribution in [1.29, 1.82) is 0 Å². The van der Waals surface area contributed by atoms with E-state index in [0.29, 0.717) is 5.56 Å². The van der Waals surface area contributed by atoms with Gasteiger partial charge in [0.1, 0.15) is 5.92 Å². The normalized spacial score (nSPS) is 26.1. The van der Waals surface area contributed by atoms with E-state index < -0.39 is 59.7 Å². The van der Waals surface area contributed by atoms with Crippen LogP contribution in [0.15, 0.2) is 18.2 Å². The number of ketones is 1. The number of carbonyl (C=O) groups excluding carboxylic acids is 3. The molecule has 8 nitrogen and oxygen atoms in total. The largest absolute Gasteiger partial charge is 0.504 e. The first kappa shape index (κ1) is 24.7. The molecule has 0 aromatic heterocycles. The molecule has 0 radical (unpaired) electrons. The van der Waals surface area contributed by atoms with Crippen LogP contribution < -0.4 is 4.74 Å². The summed E-state index contributed by atoms with van der Waals surface area (Å²) in [5.74, 6) is -5.58. The Bertz CT molecular complexity index is 819. The maximum absolute atomic E-state index is 13.1. The van der Waals surface area contributed by atoms with Gasteiger partial charge in [-0.1, -0.05) is 6.07 Å². The lowest BCUT2D eigenvalue weighted by Crippen LogP contribution is -2.55. The number of Topliss-reactive ketones (excluding diaryl/α,β-unsaturated/α-hetero) is 1. The van der Waals surface area contributed by atoms with Crippen LogP contribution in [0.4, 0.5) is 0 Å². The number of aromatic hydroxyl groups is 1. The summed E-state index contributed by atoms with van der Waals surface area (Å²) in [6.07, 6.45) is -1.32. The third-order valence-corrected chi connectivity index (χ3v) is 5.15. The number of aliphatic hydroxyl groups is 1. The van der Waals surface area contributed by atoms with Crippen molar-refractivity contribution in [3.8, 4) is 11.5 Å². The molecule has 0 unspecified atom stereocenters. The highest BCUT2D eigenvalue weighted by atomic mass is 16.5. The summed E-state index contributed by atoms with van der Waals surface area (Å²) in [5.41, 5.74) is -1.36. The lowest BCUT2D eigenvalue weighted by Gasteiger charge is -2.44. The van der Waals surface area contributed by atoms with Crippen LogP contribution in [0.3, 0.4) is 0 Å². The number of hydrogen-bond acceptors (Lipinski definition) is 8. The second-order valence-corrected chi connectivity index (χ2v) is 8.61. The van der Waals surface area contributed by atoms with E-state index in [2.05, 4.69) is 0 Å². The quantitative estimate of drug-likeness (QED) is 0.495. The second kappa shape index (κ2) is 9.68. The van der Waals surface area contributed by atoms with Crippen molar-refractivity contribution in [2.75, 3.05) is 6.61 Å². The number of phenols is 1. The molecule has 31 heavy (non-hydrogen) atoms. The molecule has 0 saturated heterocycles. The Labute approximate surface area is 182 Å². The zero-order chi connectivity index (χ0) is 23.5. The van der Waals surface area contributed by atoms with Crippen molar-refractivity contribution in [2.24, 2.45) is 11.8 Å². The molecule has 1 saturated carbocycles. The molecule has 1 aromatic rings. The van der Waals surface area contributed by atoms with Crippen LogP contribution in [0.1, 0.15) is 59.4 Å². The molecule has 1 aliphatic rings. The first-order chi connectivity index (χ1) is 14.4. The van der Waals surface area contributed by atoms with E-state index in [-0.39, 0.29) is 18.1 Å². The maximum atomic E-state index is 13.1. The Kier molecular flexibility index (Phi) is 7.70. The Morgan fingerprint density at radius 2 is 1.71 bits per heavy atom. The van der Waals surface area contributed by atoms with Gasteiger partial charge < -0.3 is 24.4 Å². The topological polar surface area (TPSA) is 119 Å². The van der Waals surface area contributed by atoms with Crippen molar-refractivity contribution in [3.05, 3.63) is 23.8 Å². The molecule has 2 N–H and O–H groups in total. The van der Waals surface area contributed by atoms with E-state index in [1.807, 2.05) is 0 Å². The van der Waals surface area contributed by atoms with Crippen molar-refractivity contribution in [3.63, 3.8) is 0 Å². The molecule has 0 spiro atoms. The van der Waals surface area contributed by atoms with Crippen LogP contribution in [-0.4, -0.2) is 52.4 Å². The summed E-state index contributed by atoms with van der Waals surface area (Å²) in [6, 6.07) is 4.34. The number of esters is 2. The molecule has 0 heterocycles. The van der Waals surface area contributed by atoms with Gasteiger partial charge >= 0.3 is 11.9 Å². The van der Waals surface area contributed by atoms with Gasteiger partial charge in [0, 0.05) is 12.3 Å². The SMILES string of the molecule is CCOc1cc([C@@H]2[C@H](C(=O)OC(C)C)C(=O)C[C@@](C)(O)[C@H]2C(=O)OC(C)C)ccc1O. The molecule has 0 bridgehead atoms. The molecular formula is C23H32O8. The van der Waals surface area contributed by atoms with Crippen molar-refractivity contribution >= 4 is 17.7 Å². The molecule has 172 valence electrons. The van der Waals surface area contributed by atoms with E-state index in [0.717, 1.165) is 0 Å². The van der Waals surface area contributed by atoms with Gasteiger partial charge in [-0.2, -0.15) is 0 Å². The second-order valence-electron chi connectivity index (χ2n) is 8.61. The molecule has 2 rings (SSSR count). The smallest absolute Gasteiger partial charge is 0.317 e. The molecule has 1 aliphatic carbocycles. The number of hydrogen-bond donors (Lipinski definition) is 2. The molecule has 1 fully saturated rings. The lowest BCUT2D eigenvalue weighted by atomic mass is 9.61. The van der Waals surface area contributed by atoms with Gasteiger partial charge in [0.15, 0.2) is 17.3 Å². The van der Waals surface area contributed by atoms with Gasteiger partial charge in [-0.05, 0) is 59.2 Å². The van der Waals surface area contributed by atoms with Crippen LogP contribution in [-0.2, 0) is 23.9 Å². The van der Waals surface area contributed by atoms with E-state index in [1.54, 1.807) is 34.6 Å². The van der Waals surface area contributed by atoms with Crippen molar-refractivity contribution in [1.82, 2.24) is 0 Å². The minimum Gasteiger partial charge on any atom is -0.504 e. The number of carbonyl (C=O) groups is 3. The first-order valence-corrected chi connectivity index (χ1v) is 10.5. The first-order valence-electron chi connectivity index (χ1n) is 10.5. The molecule has 8 heteroatoms. The highest BCUT2D eigenvalue weighted by Gasteiger charge is 2.57. The zero-order valence-electron chi connectivity index (χ0n) is 18.9. The van der Waals surface area contributed by atoms with Crippen LogP contribution in [0.2, 0.25) is 0 Å². The Hall–Kier alpha value is -2.61. The van der Waals surface area contributed by atoms with Crippen LogP contribution >= 0.6 is 0 Å². The number of ether oxygens (including phenoxy) is 3. The highest BCUT2D eigenvalue weighted by Crippen LogP contribution is 2.48. The predicted molar refractivity (Wildman–Crippen MR) is 112 cm³/mol. The standard InChI is InChI=1S/C23H32O8/c1-7-29-17-10-14(8-9-15(17)24)18-19(21(26)30-12(2)3)16(25)11-23(6,28)20(18)22(27)31-13(4)5/h8-10,12-13,18-20,24,28H,7,11H2,1-6H3/t18-,19-,20-,23-/m1/s1. The van der Waals surface area contributed by atoms with Gasteiger partial charge in [0.2, 0.25) is 0 Å². The summed E-state index contributed by atoms with van der Waals surface area (Å²) in [7, 11) is 0. The van der Waals surface area contributed by atoms with Gasteiger partial charge in [0.05, 0.1) is 30.3 Å². The lowest BCUT2D eigenvalue weighted by molar-refractivity contribution is -0.176. The fourth-order valence-corrected chi connectivity index (χ4v) is 4.04. The number of rotatable bonds is 7. The van der Waals surface area contributed by atoms with E-state index >= 15 is 0 Å². The third kappa shape index (κ3) is 5.55. The van der Waals surface area contributed by atoms with Crippen LogP contribution in [0.5, 0.6) is 11.5 Å². The third-order valence-electron chi connectivity index (χ3n) is 5.15. The molecular weight excluding hydrogens is 404 g/mol. The fourth-order valence-electron chi connectivity index (χ4n) is 4.04. The highest BCUT2D eigenvalue weighted by molar-refractivity contribution is 6.02. The number of benzene rings is 1. The monoisotopic (exact) mass is 436 g/mol. The Morgan fingerprint density at radius 1 is 1.13 bits per heavy atom. The van der Waals surface area contributed by atoms with Crippen molar-refractivity contribution in [2.45, 2.75) is 71.7 Å². The molecule has 0 amide bonds. The molecule has 4 atom stereocenters. The minimum atomic E-state index is -1.74. The molecule has 1 aromatic carbocycles. The van der Waals surface area contributed by atoms with Gasteiger partial charge in [-0.15, -0.1) is 0 Å². The fraction of sp³-hybridized carbons (Fsp3) is 0.609. The average Bonchev–Trinajstić information content (AvgIpc) is 2.60. The predicted octanol–water partition coefficient (Wildman–Crippen LogP) is 2.73. The summed E-state index contributed by atoms with van der Waals surface area (Å²) in [6.45, 7) is 10.1. The van der Waals surface area contributed by atoms with E-state index in [9.17, 15) is 24.6 Å². The summed E-state index contributed by atoms with van der Waals surface area (Å²) in [4.78, 5) is 39.0. The Balaban J connectivity index is 2.67. The molecule has 0 aliphatic heterocycles. The van der Waals surface area contributed by atoms with Gasteiger partial charge in [-0.3, -0.25) is 14.4 Å². The summed E-state index contributed by atoms with van der Waals surface area (Å²) in [5, 5.41) is 21.2. The van der Waals surface area contributed by atoms with Crippen LogP contribution in [0.25, 0.3) is 0 Å². The van der Waals surface area contributed by atoms with Crippen molar-refractivity contribution < 1.29 is 38.8 Å². The van der Waals surface area contributed by atoms with Gasteiger partial charge in [0.25, 0.3) is 0 Å². The summed E-state index contributed by atoms with van der Waals surface area (Å²) < 4.78 is 16.1. The van der Waals surface area contributed by atoms with E-state index in [4.69, 9.17) is 14.2 Å². The number of phenolic OH excluding ortho intramolecular Hbond substituents is 1. The zero-order valence-corrected chi connectivity index (χ0v) is 18.9. The van der Waals surface area contributed by atoms with Crippen LogP contribution in [0, 0.1) is 11.8 Å². The van der Waals surface area contributed by atoms with Gasteiger partial charge in [-0.25, -0.2) is 0 Å². The average molecular weight is 437 g/mol. The minimum absolute atomic E-state index is 0.123. The maximum Gasteiger partial charge on any atom is 0.317 e.